The lowest BCUT2D eigenvalue weighted by Crippen LogP contribution is -2.28. The molecule has 0 aromatic heterocycles. The first kappa shape index (κ1) is 12.5. The van der Waals surface area contributed by atoms with Gasteiger partial charge in [-0.3, -0.25) is 4.79 Å². The van der Waals surface area contributed by atoms with Gasteiger partial charge in [0, 0.05) is 12.5 Å². The molecule has 0 aromatic rings. The second kappa shape index (κ2) is 4.49. The van der Waals surface area contributed by atoms with Crippen LogP contribution >= 0.6 is 0 Å². The van der Waals surface area contributed by atoms with Crippen LogP contribution in [0.15, 0.2) is 0 Å². The minimum Gasteiger partial charge on any atom is -0.460 e. The van der Waals surface area contributed by atoms with E-state index >= 15 is 0 Å². The number of hydrogen-bond acceptors (Lipinski definition) is 4. The highest BCUT2D eigenvalue weighted by molar-refractivity contribution is 5.70. The number of rotatable bonds is 2. The van der Waals surface area contributed by atoms with E-state index in [1.807, 2.05) is 20.8 Å². The molecule has 0 aliphatic heterocycles. The van der Waals surface area contributed by atoms with Crippen LogP contribution in [0.5, 0.6) is 0 Å². The summed E-state index contributed by atoms with van der Waals surface area (Å²) in [7, 11) is 0. The predicted molar refractivity (Wildman–Crippen MR) is 57.2 cm³/mol. The molecule has 0 spiro atoms. The summed E-state index contributed by atoms with van der Waals surface area (Å²) in [6, 6.07) is -0.183. The topological polar surface area (TPSA) is 72.5 Å². The zero-order valence-electron chi connectivity index (χ0n) is 9.69. The summed E-state index contributed by atoms with van der Waals surface area (Å²) in [6.45, 7) is 5.54. The molecule has 3 atom stereocenters. The van der Waals surface area contributed by atoms with E-state index in [0.717, 1.165) is 0 Å². The Morgan fingerprint density at radius 1 is 1.47 bits per heavy atom. The number of carbonyl (C=O) groups is 1. The molecule has 0 heterocycles. The van der Waals surface area contributed by atoms with Crippen LogP contribution in [0, 0.1) is 5.92 Å². The molecule has 0 saturated heterocycles. The molecule has 4 nitrogen and oxygen atoms in total. The summed E-state index contributed by atoms with van der Waals surface area (Å²) in [6.07, 6.45) is 1.22. The maximum Gasteiger partial charge on any atom is 0.306 e. The molecule has 0 radical (unpaired) electrons. The summed E-state index contributed by atoms with van der Waals surface area (Å²) in [5.41, 5.74) is 5.24. The summed E-state index contributed by atoms with van der Waals surface area (Å²) < 4.78 is 5.21. The van der Waals surface area contributed by atoms with Crippen LogP contribution in [0.25, 0.3) is 0 Å². The minimum absolute atomic E-state index is 0.171. The van der Waals surface area contributed by atoms with E-state index in [4.69, 9.17) is 10.5 Å². The lowest BCUT2D eigenvalue weighted by atomic mass is 10.0. The second-order valence-electron chi connectivity index (χ2n) is 5.36. The van der Waals surface area contributed by atoms with Gasteiger partial charge in [-0.1, -0.05) is 0 Å². The highest BCUT2D eigenvalue weighted by Gasteiger charge is 2.32. The van der Waals surface area contributed by atoms with Gasteiger partial charge >= 0.3 is 5.97 Å². The van der Waals surface area contributed by atoms with E-state index in [0.29, 0.717) is 19.3 Å². The van der Waals surface area contributed by atoms with Gasteiger partial charge in [-0.25, -0.2) is 0 Å². The number of carbonyl (C=O) groups excluding carboxylic acids is 1. The summed E-state index contributed by atoms with van der Waals surface area (Å²) >= 11 is 0. The highest BCUT2D eigenvalue weighted by Crippen LogP contribution is 2.28. The zero-order valence-corrected chi connectivity index (χ0v) is 9.69. The van der Waals surface area contributed by atoms with E-state index in [2.05, 4.69) is 0 Å². The molecule has 0 aromatic carbocycles. The Morgan fingerprint density at radius 2 is 2.07 bits per heavy atom. The van der Waals surface area contributed by atoms with Crippen molar-refractivity contribution >= 4 is 5.97 Å². The Hall–Kier alpha value is -0.610. The molecule has 1 saturated carbocycles. The van der Waals surface area contributed by atoms with E-state index < -0.39 is 11.7 Å². The molecule has 1 unspecified atom stereocenters. The van der Waals surface area contributed by atoms with Crippen molar-refractivity contribution in [2.24, 2.45) is 11.7 Å². The number of ether oxygens (including phenoxy) is 1. The Balaban J connectivity index is 2.34. The average molecular weight is 215 g/mol. The third-order valence-corrected chi connectivity index (χ3v) is 2.55. The van der Waals surface area contributed by atoms with Gasteiger partial charge in [0.05, 0.1) is 6.10 Å². The highest BCUT2D eigenvalue weighted by atomic mass is 16.6. The van der Waals surface area contributed by atoms with Crippen LogP contribution in [0.1, 0.15) is 40.0 Å². The third kappa shape index (κ3) is 4.18. The molecule has 1 aliphatic rings. The summed E-state index contributed by atoms with van der Waals surface area (Å²) in [5, 5.41) is 9.44. The van der Waals surface area contributed by atoms with Crippen LogP contribution in [-0.4, -0.2) is 28.8 Å². The fourth-order valence-corrected chi connectivity index (χ4v) is 1.94. The number of esters is 1. The predicted octanol–water partition coefficient (Wildman–Crippen LogP) is 0.816. The molecule has 0 bridgehead atoms. The molecule has 15 heavy (non-hydrogen) atoms. The van der Waals surface area contributed by atoms with Crippen molar-refractivity contribution in [2.75, 3.05) is 0 Å². The van der Waals surface area contributed by atoms with Crippen molar-refractivity contribution < 1.29 is 14.6 Å². The van der Waals surface area contributed by atoms with Gasteiger partial charge < -0.3 is 15.6 Å². The van der Waals surface area contributed by atoms with Gasteiger partial charge in [-0.15, -0.1) is 0 Å². The Bertz CT molecular complexity index is 224. The quantitative estimate of drug-likeness (QED) is 0.669. The Kier molecular flexibility index (Phi) is 3.73. The first-order valence-corrected chi connectivity index (χ1v) is 5.43. The van der Waals surface area contributed by atoms with Crippen molar-refractivity contribution in [1.82, 2.24) is 0 Å². The molecule has 1 aliphatic carbocycles. The monoisotopic (exact) mass is 215 g/mol. The number of hydrogen-bond donors (Lipinski definition) is 2. The summed E-state index contributed by atoms with van der Waals surface area (Å²) in [4.78, 5) is 11.5. The smallest absolute Gasteiger partial charge is 0.306 e. The van der Waals surface area contributed by atoms with E-state index in [-0.39, 0.29) is 17.9 Å². The zero-order chi connectivity index (χ0) is 11.6. The number of nitrogens with two attached hydrogens (primary N) is 1. The molecule has 3 N–H and O–H groups in total. The van der Waals surface area contributed by atoms with Crippen molar-refractivity contribution in [3.8, 4) is 0 Å². The fourth-order valence-electron chi connectivity index (χ4n) is 1.94. The van der Waals surface area contributed by atoms with E-state index in [9.17, 15) is 9.90 Å². The van der Waals surface area contributed by atoms with Gasteiger partial charge in [-0.2, -0.15) is 0 Å². The van der Waals surface area contributed by atoms with Gasteiger partial charge in [-0.05, 0) is 39.5 Å². The molecular weight excluding hydrogens is 194 g/mol. The molecule has 0 amide bonds. The van der Waals surface area contributed by atoms with E-state index in [1.165, 1.54) is 0 Å². The van der Waals surface area contributed by atoms with Crippen LogP contribution in [0.2, 0.25) is 0 Å². The summed E-state index contributed by atoms with van der Waals surface area (Å²) in [5.74, 6) is -0.0290. The Morgan fingerprint density at radius 3 is 2.47 bits per heavy atom. The average Bonchev–Trinajstić information content (AvgIpc) is 2.26. The number of aliphatic hydroxyl groups excluding tert-OH is 1. The largest absolute Gasteiger partial charge is 0.460 e. The van der Waals surface area contributed by atoms with Crippen molar-refractivity contribution in [2.45, 2.75) is 57.8 Å². The lowest BCUT2D eigenvalue weighted by molar-refractivity contribution is -0.155. The first-order chi connectivity index (χ1) is 6.78. The standard InChI is InChI=1S/C11H21NO3/c1-11(2,3)15-10(14)6-7-4-8(12)9(13)5-7/h7-9,13H,4-6,12H2,1-3H3/t7-,8-,9?/m1/s1. The van der Waals surface area contributed by atoms with Crippen molar-refractivity contribution in [3.63, 3.8) is 0 Å². The van der Waals surface area contributed by atoms with E-state index in [1.54, 1.807) is 0 Å². The maximum atomic E-state index is 11.5. The normalized spacial score (nSPS) is 31.7. The van der Waals surface area contributed by atoms with Crippen LogP contribution in [-0.2, 0) is 9.53 Å². The fraction of sp³-hybridized carbons (Fsp3) is 0.909. The SMILES string of the molecule is CC(C)(C)OC(=O)C[C@H]1CC(O)[C@H](N)C1. The van der Waals surface area contributed by atoms with Crippen LogP contribution < -0.4 is 5.73 Å². The van der Waals surface area contributed by atoms with Gasteiger partial charge in [0.2, 0.25) is 0 Å². The van der Waals surface area contributed by atoms with Crippen LogP contribution in [0.3, 0.4) is 0 Å². The van der Waals surface area contributed by atoms with Gasteiger partial charge in [0.15, 0.2) is 0 Å². The Labute approximate surface area is 90.8 Å². The molecule has 88 valence electrons. The molecular formula is C11H21NO3. The van der Waals surface area contributed by atoms with Gasteiger partial charge in [0.25, 0.3) is 0 Å². The second-order valence-corrected chi connectivity index (χ2v) is 5.36. The molecule has 1 fully saturated rings. The van der Waals surface area contributed by atoms with Crippen LogP contribution in [0.4, 0.5) is 0 Å². The third-order valence-electron chi connectivity index (χ3n) is 2.55. The minimum atomic E-state index is -0.461. The van der Waals surface area contributed by atoms with Gasteiger partial charge in [0.1, 0.15) is 5.60 Å². The molecule has 4 heteroatoms. The van der Waals surface area contributed by atoms with Crippen molar-refractivity contribution in [1.29, 1.82) is 0 Å². The molecule has 1 rings (SSSR count). The number of aliphatic hydroxyl groups is 1. The lowest BCUT2D eigenvalue weighted by Gasteiger charge is -2.20. The maximum absolute atomic E-state index is 11.5. The first-order valence-electron chi connectivity index (χ1n) is 5.43. The van der Waals surface area contributed by atoms with Crippen molar-refractivity contribution in [3.05, 3.63) is 0 Å².